The van der Waals surface area contributed by atoms with Crippen LogP contribution < -0.4 is 15.5 Å². The number of benzene rings is 3. The maximum atomic E-state index is 12.9. The molecule has 6 nitrogen and oxygen atoms in total. The number of anilines is 3. The van der Waals surface area contributed by atoms with Crippen LogP contribution in [0.3, 0.4) is 0 Å². The molecule has 1 unspecified atom stereocenters. The van der Waals surface area contributed by atoms with Gasteiger partial charge >= 0.3 is 0 Å². The number of carbonyl (C=O) groups excluding carboxylic acids is 3. The van der Waals surface area contributed by atoms with Crippen LogP contribution in [0.15, 0.2) is 78.9 Å². The van der Waals surface area contributed by atoms with Crippen molar-refractivity contribution in [2.45, 2.75) is 13.3 Å². The molecule has 0 aromatic heterocycles. The summed E-state index contributed by atoms with van der Waals surface area (Å²) in [6.07, 6.45) is 0.137. The Hall–Kier alpha value is -3.93. The van der Waals surface area contributed by atoms with E-state index in [1.165, 1.54) is 0 Å². The number of amides is 3. The lowest BCUT2D eigenvalue weighted by atomic mass is 10.1. The van der Waals surface area contributed by atoms with Crippen molar-refractivity contribution in [2.75, 3.05) is 22.1 Å². The zero-order valence-corrected chi connectivity index (χ0v) is 17.2. The SMILES string of the molecule is Cc1ccc(N2CC(C(=O)Nc3ccccc3C(=O)Nc3ccccc3)CC2=O)cc1. The van der Waals surface area contributed by atoms with Crippen LogP contribution >= 0.6 is 0 Å². The first-order valence-corrected chi connectivity index (χ1v) is 10.1. The van der Waals surface area contributed by atoms with Crippen molar-refractivity contribution in [3.05, 3.63) is 90.0 Å². The zero-order valence-electron chi connectivity index (χ0n) is 17.2. The standard InChI is InChI=1S/C25H23N3O3/c1-17-11-13-20(14-12-17)28-16-18(15-23(28)29)24(30)27-22-10-6-5-9-21(22)25(31)26-19-7-3-2-4-8-19/h2-14,18H,15-16H2,1H3,(H,26,31)(H,27,30). The average Bonchev–Trinajstić information content (AvgIpc) is 3.17. The predicted octanol–water partition coefficient (Wildman–Crippen LogP) is 4.24. The number of hydrogen-bond donors (Lipinski definition) is 2. The van der Waals surface area contributed by atoms with E-state index in [0.29, 0.717) is 23.5 Å². The molecule has 0 bridgehead atoms. The van der Waals surface area contributed by atoms with Gasteiger partial charge in [-0.2, -0.15) is 0 Å². The summed E-state index contributed by atoms with van der Waals surface area (Å²) < 4.78 is 0. The van der Waals surface area contributed by atoms with Crippen LogP contribution in [-0.2, 0) is 9.59 Å². The lowest BCUT2D eigenvalue weighted by Gasteiger charge is -2.17. The molecule has 1 atom stereocenters. The number of carbonyl (C=O) groups is 3. The van der Waals surface area contributed by atoms with Crippen LogP contribution in [0.2, 0.25) is 0 Å². The van der Waals surface area contributed by atoms with E-state index in [2.05, 4.69) is 10.6 Å². The highest BCUT2D eigenvalue weighted by Crippen LogP contribution is 2.27. The Balaban J connectivity index is 1.46. The Morgan fingerprint density at radius 3 is 2.29 bits per heavy atom. The molecule has 3 aromatic carbocycles. The number of para-hydroxylation sites is 2. The predicted molar refractivity (Wildman–Crippen MR) is 121 cm³/mol. The van der Waals surface area contributed by atoms with Gasteiger partial charge < -0.3 is 15.5 Å². The smallest absolute Gasteiger partial charge is 0.257 e. The molecule has 0 aliphatic carbocycles. The van der Waals surface area contributed by atoms with Crippen molar-refractivity contribution in [2.24, 2.45) is 5.92 Å². The van der Waals surface area contributed by atoms with Gasteiger partial charge in [-0.15, -0.1) is 0 Å². The summed E-state index contributed by atoms with van der Waals surface area (Å²) in [5.41, 5.74) is 3.34. The van der Waals surface area contributed by atoms with Crippen LogP contribution in [-0.4, -0.2) is 24.3 Å². The summed E-state index contributed by atoms with van der Waals surface area (Å²) in [7, 11) is 0. The fourth-order valence-corrected chi connectivity index (χ4v) is 3.60. The number of rotatable bonds is 5. The highest BCUT2D eigenvalue weighted by atomic mass is 16.2. The Morgan fingerprint density at radius 2 is 1.55 bits per heavy atom. The van der Waals surface area contributed by atoms with Gasteiger partial charge in [0, 0.05) is 24.3 Å². The minimum Gasteiger partial charge on any atom is -0.325 e. The van der Waals surface area contributed by atoms with E-state index in [4.69, 9.17) is 0 Å². The Kier molecular flexibility index (Phi) is 5.80. The molecule has 6 heteroatoms. The molecule has 31 heavy (non-hydrogen) atoms. The Morgan fingerprint density at radius 1 is 0.871 bits per heavy atom. The number of hydrogen-bond acceptors (Lipinski definition) is 3. The third kappa shape index (κ3) is 4.64. The number of nitrogens with one attached hydrogen (secondary N) is 2. The largest absolute Gasteiger partial charge is 0.325 e. The Labute approximate surface area is 180 Å². The van der Waals surface area contributed by atoms with Crippen molar-refractivity contribution < 1.29 is 14.4 Å². The molecular weight excluding hydrogens is 390 g/mol. The second-order valence-corrected chi connectivity index (χ2v) is 7.60. The third-order valence-corrected chi connectivity index (χ3v) is 5.30. The molecule has 0 radical (unpaired) electrons. The molecule has 1 fully saturated rings. The van der Waals surface area contributed by atoms with Gasteiger partial charge in [-0.05, 0) is 43.3 Å². The summed E-state index contributed by atoms with van der Waals surface area (Å²) in [4.78, 5) is 39.8. The lowest BCUT2D eigenvalue weighted by Crippen LogP contribution is -2.28. The first kappa shape index (κ1) is 20.3. The van der Waals surface area contributed by atoms with Gasteiger partial charge in [0.2, 0.25) is 11.8 Å². The fourth-order valence-electron chi connectivity index (χ4n) is 3.60. The molecule has 0 saturated carbocycles. The maximum absolute atomic E-state index is 12.9. The van der Waals surface area contributed by atoms with E-state index in [1.54, 1.807) is 41.3 Å². The van der Waals surface area contributed by atoms with Crippen LogP contribution in [0.1, 0.15) is 22.3 Å². The highest BCUT2D eigenvalue weighted by Gasteiger charge is 2.35. The molecular formula is C25H23N3O3. The van der Waals surface area contributed by atoms with Crippen molar-refractivity contribution in [3.63, 3.8) is 0 Å². The second kappa shape index (κ2) is 8.83. The van der Waals surface area contributed by atoms with Gasteiger partial charge in [0.25, 0.3) is 5.91 Å². The third-order valence-electron chi connectivity index (χ3n) is 5.30. The molecule has 1 saturated heterocycles. The Bertz CT molecular complexity index is 1110. The number of aryl methyl sites for hydroxylation is 1. The fraction of sp³-hybridized carbons (Fsp3) is 0.160. The van der Waals surface area contributed by atoms with Gasteiger partial charge in [0.05, 0.1) is 17.2 Å². The molecule has 2 N–H and O–H groups in total. The summed E-state index contributed by atoms with van der Waals surface area (Å²) in [6.45, 7) is 2.29. The van der Waals surface area contributed by atoms with E-state index in [9.17, 15) is 14.4 Å². The van der Waals surface area contributed by atoms with Crippen LogP contribution in [0.25, 0.3) is 0 Å². The molecule has 4 rings (SSSR count). The van der Waals surface area contributed by atoms with Crippen molar-refractivity contribution >= 4 is 34.8 Å². The topological polar surface area (TPSA) is 78.5 Å². The van der Waals surface area contributed by atoms with Crippen molar-refractivity contribution in [1.82, 2.24) is 0 Å². The van der Waals surface area contributed by atoms with Crippen LogP contribution in [0, 0.1) is 12.8 Å². The highest BCUT2D eigenvalue weighted by molar-refractivity contribution is 6.11. The second-order valence-electron chi connectivity index (χ2n) is 7.60. The summed E-state index contributed by atoms with van der Waals surface area (Å²) in [6, 6.07) is 23.6. The van der Waals surface area contributed by atoms with E-state index in [1.807, 2.05) is 49.4 Å². The normalized spacial score (nSPS) is 15.6. The van der Waals surface area contributed by atoms with Crippen LogP contribution in [0.4, 0.5) is 17.1 Å². The van der Waals surface area contributed by atoms with E-state index in [-0.39, 0.29) is 24.1 Å². The first-order chi connectivity index (χ1) is 15.0. The van der Waals surface area contributed by atoms with Gasteiger partial charge in [0.15, 0.2) is 0 Å². The number of nitrogens with zero attached hydrogens (tertiary/aromatic N) is 1. The van der Waals surface area contributed by atoms with Gasteiger partial charge in [-0.3, -0.25) is 14.4 Å². The molecule has 3 aromatic rings. The van der Waals surface area contributed by atoms with E-state index in [0.717, 1.165) is 11.3 Å². The van der Waals surface area contributed by atoms with Gasteiger partial charge in [-0.25, -0.2) is 0 Å². The minimum atomic E-state index is -0.487. The first-order valence-electron chi connectivity index (χ1n) is 10.1. The zero-order chi connectivity index (χ0) is 21.8. The average molecular weight is 413 g/mol. The lowest BCUT2D eigenvalue weighted by molar-refractivity contribution is -0.122. The molecule has 3 amide bonds. The quantitative estimate of drug-likeness (QED) is 0.657. The van der Waals surface area contributed by atoms with E-state index >= 15 is 0 Å². The van der Waals surface area contributed by atoms with Crippen molar-refractivity contribution in [3.8, 4) is 0 Å². The summed E-state index contributed by atoms with van der Waals surface area (Å²) in [5.74, 6) is -1.16. The van der Waals surface area contributed by atoms with Gasteiger partial charge in [-0.1, -0.05) is 48.0 Å². The summed E-state index contributed by atoms with van der Waals surface area (Å²) in [5, 5.41) is 5.67. The molecule has 156 valence electrons. The minimum absolute atomic E-state index is 0.0842. The summed E-state index contributed by atoms with van der Waals surface area (Å²) >= 11 is 0. The van der Waals surface area contributed by atoms with Crippen molar-refractivity contribution in [1.29, 1.82) is 0 Å². The molecule has 0 spiro atoms. The maximum Gasteiger partial charge on any atom is 0.257 e. The molecule has 1 heterocycles. The van der Waals surface area contributed by atoms with Crippen LogP contribution in [0.5, 0.6) is 0 Å². The monoisotopic (exact) mass is 413 g/mol. The van der Waals surface area contributed by atoms with Gasteiger partial charge in [0.1, 0.15) is 0 Å². The molecule has 1 aliphatic rings. The van der Waals surface area contributed by atoms with E-state index < -0.39 is 5.92 Å². The molecule has 1 aliphatic heterocycles.